The lowest BCUT2D eigenvalue weighted by Crippen LogP contribution is -2.40. The summed E-state index contributed by atoms with van der Waals surface area (Å²) in [4.78, 5) is 33.3. The van der Waals surface area contributed by atoms with Crippen LogP contribution >= 0.6 is 0 Å². The molecule has 7 nitrogen and oxygen atoms in total. The standard InChI is InChI=1S/C23H23N5O2/c1-16-13-26(18-11-7-4-8-12-18)22-24-20-19(27(22)14-16)21(29)28(23(30)25(20)2)15-17-9-5-3-6-10-17/h3-12,16H,13-15H2,1-2H3. The molecule has 3 heterocycles. The van der Waals surface area contributed by atoms with Crippen LogP contribution in [0.2, 0.25) is 0 Å². The van der Waals surface area contributed by atoms with Crippen molar-refractivity contribution in [2.75, 3.05) is 11.4 Å². The zero-order valence-corrected chi connectivity index (χ0v) is 17.0. The second-order valence-corrected chi connectivity index (χ2v) is 7.96. The fourth-order valence-corrected chi connectivity index (χ4v) is 4.24. The molecule has 0 amide bonds. The van der Waals surface area contributed by atoms with Crippen molar-refractivity contribution in [2.24, 2.45) is 13.0 Å². The van der Waals surface area contributed by atoms with Gasteiger partial charge in [-0.1, -0.05) is 55.5 Å². The molecular formula is C23H23N5O2. The van der Waals surface area contributed by atoms with Crippen LogP contribution in [-0.4, -0.2) is 25.2 Å². The van der Waals surface area contributed by atoms with E-state index in [4.69, 9.17) is 4.98 Å². The highest BCUT2D eigenvalue weighted by atomic mass is 16.2. The summed E-state index contributed by atoms with van der Waals surface area (Å²) in [5.74, 6) is 1.04. The normalized spacial score (nSPS) is 16.1. The van der Waals surface area contributed by atoms with Gasteiger partial charge in [-0.25, -0.2) is 4.79 Å². The van der Waals surface area contributed by atoms with Crippen molar-refractivity contribution in [3.63, 3.8) is 0 Å². The van der Waals surface area contributed by atoms with Gasteiger partial charge < -0.3 is 9.47 Å². The molecule has 0 saturated heterocycles. The Kier molecular flexibility index (Phi) is 4.31. The number of aryl methyl sites for hydroxylation is 1. The van der Waals surface area contributed by atoms with Crippen molar-refractivity contribution in [1.82, 2.24) is 18.7 Å². The van der Waals surface area contributed by atoms with E-state index in [0.29, 0.717) is 29.6 Å². The molecule has 1 aliphatic heterocycles. The average Bonchev–Trinajstić information content (AvgIpc) is 3.15. The van der Waals surface area contributed by atoms with E-state index in [9.17, 15) is 9.59 Å². The first kappa shape index (κ1) is 18.4. The maximum absolute atomic E-state index is 13.5. The van der Waals surface area contributed by atoms with Crippen LogP contribution in [0.4, 0.5) is 11.6 Å². The summed E-state index contributed by atoms with van der Waals surface area (Å²) in [6.07, 6.45) is 0. The second-order valence-electron chi connectivity index (χ2n) is 7.96. The number of aromatic nitrogens is 4. The molecule has 0 radical (unpaired) electrons. The van der Waals surface area contributed by atoms with Crippen molar-refractivity contribution < 1.29 is 0 Å². The van der Waals surface area contributed by atoms with E-state index in [1.54, 1.807) is 7.05 Å². The first-order valence-corrected chi connectivity index (χ1v) is 10.1. The van der Waals surface area contributed by atoms with Crippen molar-refractivity contribution in [3.8, 4) is 0 Å². The van der Waals surface area contributed by atoms with Gasteiger partial charge in [0.15, 0.2) is 11.2 Å². The highest BCUT2D eigenvalue weighted by Crippen LogP contribution is 2.32. The molecule has 1 unspecified atom stereocenters. The van der Waals surface area contributed by atoms with E-state index >= 15 is 0 Å². The number of benzene rings is 2. The van der Waals surface area contributed by atoms with Crippen LogP contribution < -0.4 is 16.1 Å². The Bertz CT molecular complexity index is 1340. The van der Waals surface area contributed by atoms with Crippen LogP contribution in [0, 0.1) is 5.92 Å². The average molecular weight is 401 g/mol. The zero-order valence-electron chi connectivity index (χ0n) is 17.0. The Hall–Kier alpha value is -3.61. The van der Waals surface area contributed by atoms with Gasteiger partial charge in [0.25, 0.3) is 5.56 Å². The maximum atomic E-state index is 13.5. The van der Waals surface area contributed by atoms with Crippen LogP contribution in [-0.2, 0) is 20.1 Å². The van der Waals surface area contributed by atoms with Crippen LogP contribution in [0.5, 0.6) is 0 Å². The zero-order chi connectivity index (χ0) is 20.8. The molecule has 0 N–H and O–H groups in total. The Balaban J connectivity index is 1.74. The Morgan fingerprint density at radius 3 is 2.33 bits per heavy atom. The minimum absolute atomic E-state index is 0.237. The summed E-state index contributed by atoms with van der Waals surface area (Å²) >= 11 is 0. The van der Waals surface area contributed by atoms with Crippen LogP contribution in [0.1, 0.15) is 12.5 Å². The van der Waals surface area contributed by atoms with Gasteiger partial charge in [0.05, 0.1) is 6.54 Å². The molecular weight excluding hydrogens is 378 g/mol. The molecule has 2 aromatic carbocycles. The smallest absolute Gasteiger partial charge is 0.312 e. The SMILES string of the molecule is CC1CN(c2ccccc2)c2nc3c(c(=O)n(Cc4ccccc4)c(=O)n3C)n2C1. The quantitative estimate of drug-likeness (QED) is 0.530. The molecule has 0 saturated carbocycles. The van der Waals surface area contributed by atoms with Gasteiger partial charge >= 0.3 is 5.69 Å². The second kappa shape index (κ2) is 7.02. The maximum Gasteiger partial charge on any atom is 0.332 e. The van der Waals surface area contributed by atoms with Gasteiger partial charge in [-0.2, -0.15) is 4.98 Å². The van der Waals surface area contributed by atoms with E-state index in [2.05, 4.69) is 11.8 Å². The van der Waals surface area contributed by atoms with Gasteiger partial charge in [0.2, 0.25) is 5.95 Å². The minimum atomic E-state index is -0.355. The molecule has 152 valence electrons. The van der Waals surface area contributed by atoms with Gasteiger partial charge in [-0.3, -0.25) is 13.9 Å². The lowest BCUT2D eigenvalue weighted by atomic mass is 10.1. The topological polar surface area (TPSA) is 65.1 Å². The summed E-state index contributed by atoms with van der Waals surface area (Å²) < 4.78 is 4.76. The molecule has 0 spiro atoms. The molecule has 1 atom stereocenters. The van der Waals surface area contributed by atoms with Gasteiger partial charge in [0, 0.05) is 25.8 Å². The number of nitrogens with zero attached hydrogens (tertiary/aromatic N) is 5. The largest absolute Gasteiger partial charge is 0.332 e. The Morgan fingerprint density at radius 1 is 0.967 bits per heavy atom. The predicted molar refractivity (Wildman–Crippen MR) is 117 cm³/mol. The predicted octanol–water partition coefficient (Wildman–Crippen LogP) is 2.73. The third kappa shape index (κ3) is 2.85. The molecule has 30 heavy (non-hydrogen) atoms. The fraction of sp³-hybridized carbons (Fsp3) is 0.261. The highest BCUT2D eigenvalue weighted by Gasteiger charge is 2.29. The molecule has 1 aliphatic rings. The third-order valence-electron chi connectivity index (χ3n) is 5.69. The number of fused-ring (bicyclic) bond motifs is 3. The van der Waals surface area contributed by atoms with E-state index in [1.807, 2.05) is 65.2 Å². The lowest BCUT2D eigenvalue weighted by molar-refractivity contribution is 0.458. The lowest BCUT2D eigenvalue weighted by Gasteiger charge is -2.32. The summed E-state index contributed by atoms with van der Waals surface area (Å²) in [6, 6.07) is 19.6. The molecule has 4 aromatic rings. The number of rotatable bonds is 3. The third-order valence-corrected chi connectivity index (χ3v) is 5.69. The number of hydrogen-bond donors (Lipinski definition) is 0. The Morgan fingerprint density at radius 2 is 1.63 bits per heavy atom. The van der Waals surface area contributed by atoms with E-state index in [1.165, 1.54) is 9.13 Å². The summed E-state index contributed by atoms with van der Waals surface area (Å²) in [6.45, 7) is 3.89. The highest BCUT2D eigenvalue weighted by molar-refractivity contribution is 5.77. The number of imidazole rings is 1. The van der Waals surface area contributed by atoms with Crippen molar-refractivity contribution in [2.45, 2.75) is 20.0 Å². The van der Waals surface area contributed by atoms with Crippen LogP contribution in [0.15, 0.2) is 70.3 Å². The number of anilines is 2. The van der Waals surface area contributed by atoms with Crippen LogP contribution in [0.25, 0.3) is 11.2 Å². The number of hydrogen-bond acceptors (Lipinski definition) is 4. The van der Waals surface area contributed by atoms with Crippen LogP contribution in [0.3, 0.4) is 0 Å². The molecule has 0 fully saturated rings. The van der Waals surface area contributed by atoms with Gasteiger partial charge in [-0.05, 0) is 23.6 Å². The summed E-state index contributed by atoms with van der Waals surface area (Å²) in [5, 5.41) is 0. The monoisotopic (exact) mass is 401 g/mol. The minimum Gasteiger partial charge on any atom is -0.312 e. The van der Waals surface area contributed by atoms with E-state index in [0.717, 1.165) is 17.8 Å². The van der Waals surface area contributed by atoms with Crippen molar-refractivity contribution >= 4 is 22.8 Å². The van der Waals surface area contributed by atoms with Gasteiger partial charge in [0.1, 0.15) is 0 Å². The first-order chi connectivity index (χ1) is 14.5. The first-order valence-electron chi connectivity index (χ1n) is 10.1. The van der Waals surface area contributed by atoms with Gasteiger partial charge in [-0.15, -0.1) is 0 Å². The Labute approximate surface area is 173 Å². The molecule has 0 bridgehead atoms. The molecule has 2 aromatic heterocycles. The van der Waals surface area contributed by atoms with E-state index in [-0.39, 0.29) is 17.8 Å². The van der Waals surface area contributed by atoms with E-state index < -0.39 is 0 Å². The van der Waals surface area contributed by atoms with Crippen molar-refractivity contribution in [1.29, 1.82) is 0 Å². The molecule has 7 heteroatoms. The fourth-order valence-electron chi connectivity index (χ4n) is 4.24. The summed E-state index contributed by atoms with van der Waals surface area (Å²) in [5.41, 5.74) is 2.20. The molecule has 5 rings (SSSR count). The number of para-hydroxylation sites is 1. The molecule has 0 aliphatic carbocycles. The summed E-state index contributed by atoms with van der Waals surface area (Å²) in [7, 11) is 1.68. The van der Waals surface area contributed by atoms with Crippen molar-refractivity contribution in [3.05, 3.63) is 87.1 Å².